The molecule has 0 aliphatic heterocycles. The number of rotatable bonds is 11. The summed E-state index contributed by atoms with van der Waals surface area (Å²) in [6, 6.07) is 21.2. The van der Waals surface area contributed by atoms with Gasteiger partial charge in [0, 0.05) is 5.69 Å². The first-order valence-corrected chi connectivity index (χ1v) is 13.5. The van der Waals surface area contributed by atoms with Crippen molar-refractivity contribution in [2.24, 2.45) is 5.10 Å². The summed E-state index contributed by atoms with van der Waals surface area (Å²) in [6.07, 6.45) is 3.30. The van der Waals surface area contributed by atoms with E-state index in [2.05, 4.69) is 15.8 Å². The molecule has 37 heavy (non-hydrogen) atoms. The van der Waals surface area contributed by atoms with Gasteiger partial charge < -0.3 is 10.1 Å². The third-order valence-electron chi connectivity index (χ3n) is 5.31. The molecule has 0 unspecified atom stereocenters. The van der Waals surface area contributed by atoms with Gasteiger partial charge in [-0.2, -0.15) is 5.10 Å². The predicted molar refractivity (Wildman–Crippen MR) is 145 cm³/mol. The number of amides is 2. The van der Waals surface area contributed by atoms with E-state index in [0.717, 1.165) is 28.1 Å². The SMILES string of the molecule is CCc1ccc(N(CC(=O)N/N=C\c2ccc(OCC(=O)Nc3ccc(C)cc3)cc2)S(C)(=O)=O)cc1. The molecular formula is C27H30N4O5S. The molecule has 2 amide bonds. The first kappa shape index (κ1) is 27.4. The number of carbonyl (C=O) groups excluding carboxylic acids is 2. The number of anilines is 2. The minimum atomic E-state index is -3.67. The highest BCUT2D eigenvalue weighted by atomic mass is 32.2. The van der Waals surface area contributed by atoms with Crippen LogP contribution in [-0.4, -0.2) is 45.9 Å². The Bertz CT molecular complexity index is 1340. The molecule has 3 rings (SSSR count). The average molecular weight is 523 g/mol. The van der Waals surface area contributed by atoms with E-state index < -0.39 is 22.5 Å². The second-order valence-electron chi connectivity index (χ2n) is 8.35. The average Bonchev–Trinajstić information content (AvgIpc) is 2.87. The summed E-state index contributed by atoms with van der Waals surface area (Å²) in [5, 5.41) is 6.66. The van der Waals surface area contributed by atoms with Gasteiger partial charge >= 0.3 is 0 Å². The Labute approximate surface area is 217 Å². The highest BCUT2D eigenvalue weighted by Crippen LogP contribution is 2.18. The molecule has 0 aromatic heterocycles. The maximum absolute atomic E-state index is 12.3. The van der Waals surface area contributed by atoms with Crippen molar-refractivity contribution in [3.05, 3.63) is 89.5 Å². The summed E-state index contributed by atoms with van der Waals surface area (Å²) in [6.45, 7) is 3.42. The van der Waals surface area contributed by atoms with Crippen LogP contribution in [0.25, 0.3) is 0 Å². The number of ether oxygens (including phenoxy) is 1. The topological polar surface area (TPSA) is 117 Å². The lowest BCUT2D eigenvalue weighted by atomic mass is 10.1. The number of benzene rings is 3. The van der Waals surface area contributed by atoms with Crippen molar-refractivity contribution in [2.45, 2.75) is 20.3 Å². The van der Waals surface area contributed by atoms with Gasteiger partial charge in [0.2, 0.25) is 10.0 Å². The molecule has 10 heteroatoms. The van der Waals surface area contributed by atoms with Crippen LogP contribution in [0, 0.1) is 6.92 Å². The Kier molecular flexibility index (Phi) is 9.39. The van der Waals surface area contributed by atoms with E-state index in [9.17, 15) is 18.0 Å². The summed E-state index contributed by atoms with van der Waals surface area (Å²) in [7, 11) is -3.67. The zero-order valence-electron chi connectivity index (χ0n) is 21.0. The lowest BCUT2D eigenvalue weighted by Gasteiger charge is -2.21. The molecular weight excluding hydrogens is 492 g/mol. The normalized spacial score (nSPS) is 11.2. The van der Waals surface area contributed by atoms with Gasteiger partial charge in [-0.25, -0.2) is 13.8 Å². The molecule has 9 nitrogen and oxygen atoms in total. The number of nitrogens with one attached hydrogen (secondary N) is 2. The van der Waals surface area contributed by atoms with Gasteiger partial charge in [-0.15, -0.1) is 0 Å². The van der Waals surface area contributed by atoms with Crippen molar-refractivity contribution in [2.75, 3.05) is 29.0 Å². The molecule has 0 fully saturated rings. The Hall–Kier alpha value is -4.18. The maximum atomic E-state index is 12.3. The summed E-state index contributed by atoms with van der Waals surface area (Å²) in [4.78, 5) is 24.4. The molecule has 0 aliphatic carbocycles. The summed E-state index contributed by atoms with van der Waals surface area (Å²) in [5.74, 6) is -0.361. The van der Waals surface area contributed by atoms with Crippen LogP contribution in [0.4, 0.5) is 11.4 Å². The summed E-state index contributed by atoms with van der Waals surface area (Å²) >= 11 is 0. The lowest BCUT2D eigenvalue weighted by Crippen LogP contribution is -2.39. The number of carbonyl (C=O) groups is 2. The van der Waals surface area contributed by atoms with Crippen LogP contribution in [0.1, 0.15) is 23.6 Å². The number of sulfonamides is 1. The van der Waals surface area contributed by atoms with Gasteiger partial charge in [-0.1, -0.05) is 36.8 Å². The second kappa shape index (κ2) is 12.7. The van der Waals surface area contributed by atoms with Gasteiger partial charge in [0.1, 0.15) is 12.3 Å². The zero-order valence-corrected chi connectivity index (χ0v) is 21.8. The van der Waals surface area contributed by atoms with E-state index in [-0.39, 0.29) is 12.5 Å². The van der Waals surface area contributed by atoms with Crippen LogP contribution in [0.15, 0.2) is 77.9 Å². The second-order valence-corrected chi connectivity index (χ2v) is 10.3. The monoisotopic (exact) mass is 522 g/mol. The fourth-order valence-corrected chi connectivity index (χ4v) is 4.13. The van der Waals surface area contributed by atoms with E-state index in [1.807, 2.05) is 50.2 Å². The molecule has 0 spiro atoms. The number of hydrogen-bond acceptors (Lipinski definition) is 6. The van der Waals surface area contributed by atoms with E-state index >= 15 is 0 Å². The first-order valence-electron chi connectivity index (χ1n) is 11.6. The molecule has 0 atom stereocenters. The summed E-state index contributed by atoms with van der Waals surface area (Å²) < 4.78 is 31.0. The van der Waals surface area contributed by atoms with Crippen LogP contribution in [0.5, 0.6) is 5.75 Å². The minimum Gasteiger partial charge on any atom is -0.484 e. The fraction of sp³-hybridized carbons (Fsp3) is 0.222. The third-order valence-corrected chi connectivity index (χ3v) is 6.45. The Morgan fingerprint density at radius 1 is 0.946 bits per heavy atom. The van der Waals surface area contributed by atoms with E-state index in [1.165, 1.54) is 6.21 Å². The molecule has 3 aromatic rings. The molecule has 0 saturated heterocycles. The van der Waals surface area contributed by atoms with E-state index in [0.29, 0.717) is 22.7 Å². The van der Waals surface area contributed by atoms with Crippen LogP contribution in [0.3, 0.4) is 0 Å². The van der Waals surface area contributed by atoms with Gasteiger partial charge in [-0.05, 0) is 73.0 Å². The molecule has 3 aromatic carbocycles. The van der Waals surface area contributed by atoms with Gasteiger partial charge in [-0.3, -0.25) is 13.9 Å². The smallest absolute Gasteiger partial charge is 0.262 e. The fourth-order valence-electron chi connectivity index (χ4n) is 3.28. The van der Waals surface area contributed by atoms with Crippen molar-refractivity contribution in [3.63, 3.8) is 0 Å². The Morgan fingerprint density at radius 3 is 2.19 bits per heavy atom. The van der Waals surface area contributed by atoms with Crippen molar-refractivity contribution in [3.8, 4) is 5.75 Å². The van der Waals surface area contributed by atoms with Crippen LogP contribution < -0.4 is 19.8 Å². The highest BCUT2D eigenvalue weighted by Gasteiger charge is 2.20. The van der Waals surface area contributed by atoms with Crippen molar-refractivity contribution in [1.29, 1.82) is 0 Å². The van der Waals surface area contributed by atoms with Crippen molar-refractivity contribution >= 4 is 39.4 Å². The predicted octanol–water partition coefficient (Wildman–Crippen LogP) is 3.49. The molecule has 0 bridgehead atoms. The molecule has 2 N–H and O–H groups in total. The summed E-state index contributed by atoms with van der Waals surface area (Å²) in [5.41, 5.74) is 6.29. The van der Waals surface area contributed by atoms with Crippen molar-refractivity contribution in [1.82, 2.24) is 5.43 Å². The van der Waals surface area contributed by atoms with Crippen molar-refractivity contribution < 1.29 is 22.7 Å². The maximum Gasteiger partial charge on any atom is 0.262 e. The van der Waals surface area contributed by atoms with E-state index in [1.54, 1.807) is 36.4 Å². The molecule has 0 heterocycles. The third kappa shape index (κ3) is 8.76. The molecule has 0 aliphatic rings. The Balaban J connectivity index is 1.49. The minimum absolute atomic E-state index is 0.143. The number of aryl methyl sites for hydroxylation is 2. The largest absolute Gasteiger partial charge is 0.484 e. The number of hydrazone groups is 1. The van der Waals surface area contributed by atoms with Crippen LogP contribution in [-0.2, 0) is 26.0 Å². The van der Waals surface area contributed by atoms with Gasteiger partial charge in [0.05, 0.1) is 18.2 Å². The number of nitrogens with zero attached hydrogens (tertiary/aromatic N) is 2. The Morgan fingerprint density at radius 2 is 1.59 bits per heavy atom. The highest BCUT2D eigenvalue weighted by molar-refractivity contribution is 7.92. The van der Waals surface area contributed by atoms with Crippen LogP contribution >= 0.6 is 0 Å². The van der Waals surface area contributed by atoms with E-state index in [4.69, 9.17) is 4.74 Å². The number of hydrogen-bond donors (Lipinski definition) is 2. The first-order chi connectivity index (χ1) is 17.6. The molecule has 0 radical (unpaired) electrons. The van der Waals surface area contributed by atoms with Crippen LogP contribution in [0.2, 0.25) is 0 Å². The molecule has 194 valence electrons. The standard InChI is InChI=1S/C27H30N4O5S/c1-4-21-7-13-24(14-8-21)31(37(3,34)35)18-26(32)30-28-17-22-9-15-25(16-10-22)36-19-27(33)29-23-11-5-20(2)6-12-23/h5-17H,4,18-19H2,1-3H3,(H,29,33)(H,30,32)/b28-17-. The van der Waals surface area contributed by atoms with Gasteiger partial charge in [0.25, 0.3) is 11.8 Å². The molecule has 0 saturated carbocycles. The van der Waals surface area contributed by atoms with Gasteiger partial charge in [0.15, 0.2) is 6.61 Å². The zero-order chi connectivity index (χ0) is 26.8. The quantitative estimate of drug-likeness (QED) is 0.295. The lowest BCUT2D eigenvalue weighted by molar-refractivity contribution is -0.119.